The van der Waals surface area contributed by atoms with Gasteiger partial charge in [-0.05, 0) is 86.9 Å². The molecular formula is C16H15Br2FIN. The van der Waals surface area contributed by atoms with E-state index in [1.54, 1.807) is 6.07 Å². The Balaban J connectivity index is 2.35. The maximum Gasteiger partial charge on any atom is 0.137 e. The number of nitrogens with one attached hydrogen (secondary N) is 1. The number of benzene rings is 2. The van der Waals surface area contributed by atoms with Gasteiger partial charge in [0, 0.05) is 14.1 Å². The van der Waals surface area contributed by atoms with E-state index in [0.717, 1.165) is 23.0 Å². The largest absolute Gasteiger partial charge is 0.310 e. The lowest BCUT2D eigenvalue weighted by molar-refractivity contribution is 0.543. The highest BCUT2D eigenvalue weighted by Crippen LogP contribution is 2.30. The Bertz CT molecular complexity index is 634. The summed E-state index contributed by atoms with van der Waals surface area (Å²) in [6.07, 6.45) is 0.727. The molecule has 2 aromatic carbocycles. The van der Waals surface area contributed by atoms with E-state index in [1.807, 2.05) is 6.07 Å². The van der Waals surface area contributed by atoms with Crippen molar-refractivity contribution in [2.75, 3.05) is 6.54 Å². The first kappa shape index (κ1) is 17.4. The summed E-state index contributed by atoms with van der Waals surface area (Å²) in [5, 5.41) is 3.49. The molecule has 0 bridgehead atoms. The Morgan fingerprint density at radius 2 is 2.00 bits per heavy atom. The molecule has 1 N–H and O–H groups in total. The maximum absolute atomic E-state index is 13.7. The number of halogens is 4. The third-order valence-electron chi connectivity index (χ3n) is 3.24. The third-order valence-corrected chi connectivity index (χ3v) is 5.52. The second-order valence-electron chi connectivity index (χ2n) is 4.69. The first-order valence-corrected chi connectivity index (χ1v) is 9.30. The van der Waals surface area contributed by atoms with Crippen molar-refractivity contribution >= 4 is 54.5 Å². The Hall–Kier alpha value is 0.0200. The minimum atomic E-state index is -0.218. The Labute approximate surface area is 155 Å². The van der Waals surface area contributed by atoms with Gasteiger partial charge in [0.25, 0.3) is 0 Å². The normalized spacial score (nSPS) is 12.4. The summed E-state index contributed by atoms with van der Waals surface area (Å²) >= 11 is 9.28. The molecule has 1 atom stereocenters. The molecule has 0 saturated carbocycles. The highest BCUT2D eigenvalue weighted by atomic mass is 127. The highest BCUT2D eigenvalue weighted by molar-refractivity contribution is 14.1. The monoisotopic (exact) mass is 525 g/mol. The molecule has 0 aliphatic rings. The molecule has 2 rings (SSSR count). The molecule has 2 aromatic rings. The molecule has 0 fully saturated rings. The van der Waals surface area contributed by atoms with Crippen LogP contribution in [0.2, 0.25) is 0 Å². The van der Waals surface area contributed by atoms with Crippen LogP contribution in [0.3, 0.4) is 0 Å². The predicted octanol–water partition coefficient (Wildman–Crippen LogP) is 5.85. The van der Waals surface area contributed by atoms with Crippen molar-refractivity contribution in [1.82, 2.24) is 5.32 Å². The molecule has 0 heterocycles. The smallest absolute Gasteiger partial charge is 0.137 e. The summed E-state index contributed by atoms with van der Waals surface area (Å²) in [5.41, 5.74) is 2.16. The van der Waals surface area contributed by atoms with E-state index in [4.69, 9.17) is 0 Å². The zero-order valence-corrected chi connectivity index (χ0v) is 16.8. The molecule has 0 aliphatic heterocycles. The van der Waals surface area contributed by atoms with Crippen molar-refractivity contribution in [3.8, 4) is 0 Å². The molecular weight excluding hydrogens is 512 g/mol. The van der Waals surface area contributed by atoms with Crippen LogP contribution in [0.15, 0.2) is 45.3 Å². The Morgan fingerprint density at radius 3 is 2.71 bits per heavy atom. The second-order valence-corrected chi connectivity index (χ2v) is 7.59. The van der Waals surface area contributed by atoms with Gasteiger partial charge < -0.3 is 5.32 Å². The predicted molar refractivity (Wildman–Crippen MR) is 101 cm³/mol. The van der Waals surface area contributed by atoms with Crippen molar-refractivity contribution in [3.63, 3.8) is 0 Å². The van der Waals surface area contributed by atoms with Crippen molar-refractivity contribution < 1.29 is 4.39 Å². The molecule has 21 heavy (non-hydrogen) atoms. The van der Waals surface area contributed by atoms with Gasteiger partial charge in [0.05, 0.1) is 4.47 Å². The molecule has 5 heteroatoms. The standard InChI is InChI=1S/C16H15Br2FIN/c1-2-21-15(12-9-11(20)6-7-13(12)17)8-10-4-3-5-14(19)16(10)18/h3-7,9,15,21H,2,8H2,1H3. The van der Waals surface area contributed by atoms with E-state index in [2.05, 4.69) is 84.9 Å². The zero-order chi connectivity index (χ0) is 15.4. The van der Waals surface area contributed by atoms with Crippen molar-refractivity contribution in [2.24, 2.45) is 0 Å². The number of hydrogen-bond donors (Lipinski definition) is 1. The minimum Gasteiger partial charge on any atom is -0.310 e. The molecule has 112 valence electrons. The summed E-state index contributed by atoms with van der Waals surface area (Å²) in [7, 11) is 0. The molecule has 0 aliphatic carbocycles. The van der Waals surface area contributed by atoms with Gasteiger partial charge in [-0.15, -0.1) is 0 Å². The Morgan fingerprint density at radius 1 is 1.24 bits per heavy atom. The van der Waals surface area contributed by atoms with E-state index >= 15 is 0 Å². The lowest BCUT2D eigenvalue weighted by atomic mass is 9.98. The molecule has 0 amide bonds. The lowest BCUT2D eigenvalue weighted by Gasteiger charge is -2.21. The molecule has 0 radical (unpaired) electrons. The van der Waals surface area contributed by atoms with Gasteiger partial charge in [0.2, 0.25) is 0 Å². The summed E-state index contributed by atoms with van der Waals surface area (Å²) in [6, 6.07) is 11.6. The van der Waals surface area contributed by atoms with Crippen LogP contribution in [0.4, 0.5) is 4.39 Å². The van der Waals surface area contributed by atoms with Crippen molar-refractivity contribution in [1.29, 1.82) is 0 Å². The average molecular weight is 527 g/mol. The van der Waals surface area contributed by atoms with E-state index < -0.39 is 0 Å². The minimum absolute atomic E-state index is 0.136. The SMILES string of the molecule is CCNC(Cc1cccc(F)c1Br)c1cc(I)ccc1Br. The van der Waals surface area contributed by atoms with Crippen LogP contribution in [0.1, 0.15) is 24.1 Å². The number of hydrogen-bond acceptors (Lipinski definition) is 1. The average Bonchev–Trinajstić information content (AvgIpc) is 2.46. The van der Waals surface area contributed by atoms with Crippen LogP contribution in [-0.4, -0.2) is 6.54 Å². The van der Waals surface area contributed by atoms with Gasteiger partial charge in [0.15, 0.2) is 0 Å². The van der Waals surface area contributed by atoms with E-state index in [9.17, 15) is 4.39 Å². The van der Waals surface area contributed by atoms with Gasteiger partial charge in [-0.2, -0.15) is 0 Å². The van der Waals surface area contributed by atoms with Crippen LogP contribution in [-0.2, 0) is 6.42 Å². The van der Waals surface area contributed by atoms with E-state index in [-0.39, 0.29) is 11.9 Å². The number of likely N-dealkylation sites (N-methyl/N-ethyl adjacent to an activating group) is 1. The van der Waals surface area contributed by atoms with Crippen LogP contribution < -0.4 is 5.32 Å². The summed E-state index contributed by atoms with van der Waals surface area (Å²) in [4.78, 5) is 0. The van der Waals surface area contributed by atoms with E-state index in [0.29, 0.717) is 4.47 Å². The summed E-state index contributed by atoms with van der Waals surface area (Å²) in [6.45, 7) is 2.94. The van der Waals surface area contributed by atoms with E-state index in [1.165, 1.54) is 15.2 Å². The van der Waals surface area contributed by atoms with Gasteiger partial charge in [-0.3, -0.25) is 0 Å². The quantitative estimate of drug-likeness (QED) is 0.482. The zero-order valence-electron chi connectivity index (χ0n) is 11.5. The Kier molecular flexibility index (Phi) is 6.65. The third kappa shape index (κ3) is 4.50. The van der Waals surface area contributed by atoms with Crippen LogP contribution in [0.25, 0.3) is 0 Å². The molecule has 1 nitrogen and oxygen atoms in total. The van der Waals surface area contributed by atoms with Gasteiger partial charge in [0.1, 0.15) is 5.82 Å². The van der Waals surface area contributed by atoms with Crippen LogP contribution >= 0.6 is 54.5 Å². The fourth-order valence-corrected chi connectivity index (χ4v) is 3.71. The molecule has 0 aromatic heterocycles. The first-order valence-electron chi connectivity index (χ1n) is 6.64. The van der Waals surface area contributed by atoms with Crippen LogP contribution in [0, 0.1) is 9.39 Å². The van der Waals surface area contributed by atoms with Gasteiger partial charge >= 0.3 is 0 Å². The lowest BCUT2D eigenvalue weighted by Crippen LogP contribution is -2.23. The van der Waals surface area contributed by atoms with Crippen molar-refractivity contribution in [3.05, 3.63) is 65.9 Å². The number of rotatable bonds is 5. The molecule has 0 spiro atoms. The topological polar surface area (TPSA) is 12.0 Å². The van der Waals surface area contributed by atoms with Crippen LogP contribution in [0.5, 0.6) is 0 Å². The second kappa shape index (κ2) is 8.04. The molecule has 0 saturated heterocycles. The molecule has 1 unspecified atom stereocenters. The summed E-state index contributed by atoms with van der Waals surface area (Å²) in [5.74, 6) is -0.218. The van der Waals surface area contributed by atoms with Gasteiger partial charge in [-0.25, -0.2) is 4.39 Å². The van der Waals surface area contributed by atoms with Gasteiger partial charge in [-0.1, -0.05) is 35.0 Å². The first-order chi connectivity index (χ1) is 10.0. The highest BCUT2D eigenvalue weighted by Gasteiger charge is 2.17. The van der Waals surface area contributed by atoms with Crippen molar-refractivity contribution in [2.45, 2.75) is 19.4 Å². The maximum atomic E-state index is 13.7. The fourth-order valence-electron chi connectivity index (χ4n) is 2.25. The fraction of sp³-hybridized carbons (Fsp3) is 0.250. The summed E-state index contributed by atoms with van der Waals surface area (Å²) < 4.78 is 16.5.